The van der Waals surface area contributed by atoms with Crippen LogP contribution in [0.4, 0.5) is 0 Å². The molecule has 0 aromatic heterocycles. The van der Waals surface area contributed by atoms with Crippen LogP contribution < -0.4 is 0 Å². The van der Waals surface area contributed by atoms with Gasteiger partial charge in [0.15, 0.2) is 19.7 Å². The first-order valence-electron chi connectivity index (χ1n) is 9.92. The summed E-state index contributed by atoms with van der Waals surface area (Å²) < 4.78 is 47.0. The maximum absolute atomic E-state index is 13.1. The van der Waals surface area contributed by atoms with Gasteiger partial charge in [-0.15, -0.1) is 11.8 Å². The van der Waals surface area contributed by atoms with E-state index < -0.39 is 19.7 Å². The summed E-state index contributed by atoms with van der Waals surface area (Å²) in [7, 11) is -5.87. The van der Waals surface area contributed by atoms with Gasteiger partial charge >= 0.3 is 0 Å². The van der Waals surface area contributed by atoms with Crippen molar-refractivity contribution in [2.75, 3.05) is 49.2 Å². The second-order valence-corrected chi connectivity index (χ2v) is 13.8. The summed E-state index contributed by atoms with van der Waals surface area (Å²) in [6.45, 7) is 2.52. The van der Waals surface area contributed by atoms with Crippen LogP contribution in [0.5, 0.6) is 0 Å². The lowest BCUT2D eigenvalue weighted by Crippen LogP contribution is -2.52. The lowest BCUT2D eigenvalue weighted by atomic mass is 10.1. The highest BCUT2D eigenvalue weighted by Gasteiger charge is 2.35. The quantitative estimate of drug-likeness (QED) is 0.662. The van der Waals surface area contributed by atoms with Crippen LogP contribution in [-0.4, -0.2) is 93.0 Å². The summed E-state index contributed by atoms with van der Waals surface area (Å²) in [6, 6.07) is 7.49. The molecule has 3 aliphatic rings. The van der Waals surface area contributed by atoms with Crippen LogP contribution in [0.2, 0.25) is 0 Å². The fraction of sp³-hybridized carbons (Fsp3) is 0.632. The Morgan fingerprint density at radius 2 is 1.55 bits per heavy atom. The minimum absolute atomic E-state index is 0.00453. The lowest BCUT2D eigenvalue weighted by molar-refractivity contribution is 0.0584. The van der Waals surface area contributed by atoms with Crippen molar-refractivity contribution in [3.8, 4) is 0 Å². The zero-order valence-corrected chi connectivity index (χ0v) is 18.6. The lowest BCUT2D eigenvalue weighted by Gasteiger charge is -2.37. The van der Waals surface area contributed by atoms with Crippen LogP contribution in [0.15, 0.2) is 29.2 Å². The minimum atomic E-state index is -2.96. The Balaban J connectivity index is 1.39. The summed E-state index contributed by atoms with van der Waals surface area (Å²) in [5.74, 6) is 0.846. The third kappa shape index (κ3) is 4.98. The molecular formula is C19H26N2O5S3. The molecule has 2 atom stereocenters. The number of carbonyl (C=O) groups is 1. The van der Waals surface area contributed by atoms with E-state index in [4.69, 9.17) is 0 Å². The Morgan fingerprint density at radius 1 is 0.897 bits per heavy atom. The zero-order chi connectivity index (χ0) is 20.6. The molecule has 1 aromatic carbocycles. The Labute approximate surface area is 176 Å². The minimum Gasteiger partial charge on any atom is -0.336 e. The van der Waals surface area contributed by atoms with Crippen molar-refractivity contribution >= 4 is 37.3 Å². The molecule has 29 heavy (non-hydrogen) atoms. The third-order valence-corrected chi connectivity index (χ3v) is 11.0. The molecule has 10 heteroatoms. The van der Waals surface area contributed by atoms with Crippen LogP contribution in [0.25, 0.3) is 0 Å². The van der Waals surface area contributed by atoms with E-state index in [9.17, 15) is 21.6 Å². The van der Waals surface area contributed by atoms with E-state index in [1.165, 1.54) is 11.8 Å². The van der Waals surface area contributed by atoms with Crippen molar-refractivity contribution in [1.82, 2.24) is 9.80 Å². The average Bonchev–Trinajstić information content (AvgIpc) is 3.22. The number of amides is 1. The van der Waals surface area contributed by atoms with Crippen LogP contribution in [0, 0.1) is 0 Å². The summed E-state index contributed by atoms with van der Waals surface area (Å²) in [4.78, 5) is 18.0. The van der Waals surface area contributed by atoms with Crippen molar-refractivity contribution in [3.05, 3.63) is 29.8 Å². The molecule has 0 N–H and O–H groups in total. The number of benzene rings is 1. The average molecular weight is 459 g/mol. The molecule has 0 spiro atoms. The predicted molar refractivity (Wildman–Crippen MR) is 114 cm³/mol. The Kier molecular flexibility index (Phi) is 5.98. The molecule has 4 rings (SSSR count). The first-order valence-corrected chi connectivity index (χ1v) is 14.4. The highest BCUT2D eigenvalue weighted by molar-refractivity contribution is 8.02. The van der Waals surface area contributed by atoms with Gasteiger partial charge < -0.3 is 4.90 Å². The van der Waals surface area contributed by atoms with Gasteiger partial charge in [0.2, 0.25) is 0 Å². The van der Waals surface area contributed by atoms with Gasteiger partial charge in [-0.05, 0) is 25.0 Å². The maximum Gasteiger partial charge on any atom is 0.255 e. The van der Waals surface area contributed by atoms with Crippen molar-refractivity contribution in [2.24, 2.45) is 0 Å². The van der Waals surface area contributed by atoms with Gasteiger partial charge in [0.25, 0.3) is 5.91 Å². The van der Waals surface area contributed by atoms with E-state index in [2.05, 4.69) is 4.90 Å². The molecule has 3 fully saturated rings. The number of sulfone groups is 2. The predicted octanol–water partition coefficient (Wildman–Crippen LogP) is 0.911. The van der Waals surface area contributed by atoms with Crippen molar-refractivity contribution in [3.63, 3.8) is 0 Å². The molecule has 3 heterocycles. The SMILES string of the molecule is O=C(c1ccccc1S[C@H]1CCS(=O)(=O)C1)N1CCN([C@@H]2CCS(=O)(=O)C2)CC1. The largest absolute Gasteiger partial charge is 0.336 e. The van der Waals surface area contributed by atoms with E-state index in [0.717, 1.165) is 4.90 Å². The fourth-order valence-electron chi connectivity index (χ4n) is 4.30. The topological polar surface area (TPSA) is 91.8 Å². The zero-order valence-electron chi connectivity index (χ0n) is 16.2. The number of nitrogens with zero attached hydrogens (tertiary/aromatic N) is 2. The van der Waals surface area contributed by atoms with Gasteiger partial charge in [-0.25, -0.2) is 16.8 Å². The monoisotopic (exact) mass is 458 g/mol. The maximum atomic E-state index is 13.1. The van der Waals surface area contributed by atoms with Crippen LogP contribution in [0.1, 0.15) is 23.2 Å². The first kappa shape index (κ1) is 21.1. The van der Waals surface area contributed by atoms with Gasteiger partial charge in [-0.3, -0.25) is 9.69 Å². The van der Waals surface area contributed by atoms with Gasteiger partial charge in [0.05, 0.1) is 28.6 Å². The van der Waals surface area contributed by atoms with Crippen LogP contribution in [0.3, 0.4) is 0 Å². The second-order valence-electron chi connectivity index (χ2n) is 8.02. The number of piperazine rings is 1. The third-order valence-electron chi connectivity index (χ3n) is 5.93. The van der Waals surface area contributed by atoms with E-state index >= 15 is 0 Å². The van der Waals surface area contributed by atoms with E-state index in [0.29, 0.717) is 44.6 Å². The molecule has 0 aliphatic carbocycles. The summed E-state index contributed by atoms with van der Waals surface area (Å²) in [5, 5.41) is -0.00453. The van der Waals surface area contributed by atoms with Gasteiger partial charge in [0.1, 0.15) is 0 Å². The molecule has 0 bridgehead atoms. The van der Waals surface area contributed by atoms with E-state index in [-0.39, 0.29) is 40.2 Å². The number of rotatable bonds is 4. The summed E-state index contributed by atoms with van der Waals surface area (Å²) >= 11 is 1.49. The number of thioether (sulfide) groups is 1. The normalized spacial score (nSPS) is 29.2. The highest BCUT2D eigenvalue weighted by atomic mass is 32.2. The van der Waals surface area contributed by atoms with Gasteiger partial charge in [-0.1, -0.05) is 12.1 Å². The Morgan fingerprint density at radius 3 is 2.17 bits per heavy atom. The molecule has 1 aromatic rings. The molecule has 160 valence electrons. The number of hydrogen-bond acceptors (Lipinski definition) is 7. The molecule has 3 saturated heterocycles. The van der Waals surface area contributed by atoms with E-state index in [1.54, 1.807) is 0 Å². The second kappa shape index (κ2) is 8.20. The Hall–Kier alpha value is -1.10. The standard InChI is InChI=1S/C19H26N2O5S3/c22-19(21-9-7-20(8-10-21)15-5-11-28(23,24)13-15)17-3-1-2-4-18(17)27-16-6-12-29(25,26)14-16/h1-4,15-16H,5-14H2/t15-,16+/m1/s1. The highest BCUT2D eigenvalue weighted by Crippen LogP contribution is 2.33. The molecule has 7 nitrogen and oxygen atoms in total. The van der Waals surface area contributed by atoms with E-state index in [1.807, 2.05) is 29.2 Å². The van der Waals surface area contributed by atoms with Gasteiger partial charge in [0, 0.05) is 42.4 Å². The number of carbonyl (C=O) groups excluding carboxylic acids is 1. The van der Waals surface area contributed by atoms with Crippen LogP contribution in [-0.2, 0) is 19.7 Å². The van der Waals surface area contributed by atoms with Gasteiger partial charge in [-0.2, -0.15) is 0 Å². The molecule has 0 radical (unpaired) electrons. The molecule has 0 saturated carbocycles. The van der Waals surface area contributed by atoms with Crippen LogP contribution >= 0.6 is 11.8 Å². The summed E-state index contributed by atoms with van der Waals surface area (Å²) in [6.07, 6.45) is 1.30. The molecule has 0 unspecified atom stereocenters. The molecule has 1 amide bonds. The number of hydrogen-bond donors (Lipinski definition) is 0. The van der Waals surface area contributed by atoms with Crippen molar-refractivity contribution < 1.29 is 21.6 Å². The molecular weight excluding hydrogens is 432 g/mol. The Bertz CT molecular complexity index is 985. The summed E-state index contributed by atoms with van der Waals surface area (Å²) in [5.41, 5.74) is 0.624. The first-order chi connectivity index (χ1) is 13.7. The fourth-order valence-corrected chi connectivity index (χ4v) is 9.69. The van der Waals surface area contributed by atoms with Crippen molar-refractivity contribution in [2.45, 2.75) is 29.0 Å². The smallest absolute Gasteiger partial charge is 0.255 e. The van der Waals surface area contributed by atoms with Crippen molar-refractivity contribution in [1.29, 1.82) is 0 Å². The molecule has 3 aliphatic heterocycles.